The molecule has 0 aliphatic carbocycles. The van der Waals surface area contributed by atoms with Gasteiger partial charge in [-0.15, -0.1) is 0 Å². The lowest BCUT2D eigenvalue weighted by atomic mass is 10.5. The van der Waals surface area contributed by atoms with Crippen LogP contribution in [0.1, 0.15) is 13.8 Å². The molecule has 0 rings (SSSR count). The smallest absolute Gasteiger partial charge is 0.432 e. The van der Waals surface area contributed by atoms with Crippen molar-refractivity contribution in [2.45, 2.75) is 20.0 Å². The standard InChI is InChI=1S/C9H16O4/c1-4-5-12-9(10)13-7-6-11-8(2)3/h4,8H,1,5-7H2,2-3H3. The minimum absolute atomic E-state index is 0.146. The van der Waals surface area contributed by atoms with E-state index in [1.165, 1.54) is 6.08 Å². The first-order valence-electron chi connectivity index (χ1n) is 4.19. The van der Waals surface area contributed by atoms with Gasteiger partial charge in [0, 0.05) is 0 Å². The monoisotopic (exact) mass is 188 g/mol. The Morgan fingerprint density at radius 1 is 1.38 bits per heavy atom. The van der Waals surface area contributed by atoms with Crippen LogP contribution in [0, 0.1) is 0 Å². The van der Waals surface area contributed by atoms with Crippen LogP contribution < -0.4 is 0 Å². The van der Waals surface area contributed by atoms with Gasteiger partial charge < -0.3 is 14.2 Å². The van der Waals surface area contributed by atoms with Gasteiger partial charge in [-0.2, -0.15) is 0 Å². The lowest BCUT2D eigenvalue weighted by Crippen LogP contribution is -2.14. The molecule has 0 aromatic carbocycles. The molecule has 4 nitrogen and oxygen atoms in total. The third-order valence-corrected chi connectivity index (χ3v) is 1.07. The fourth-order valence-electron chi connectivity index (χ4n) is 0.577. The molecule has 0 bridgehead atoms. The second-order valence-corrected chi connectivity index (χ2v) is 2.62. The van der Waals surface area contributed by atoms with E-state index < -0.39 is 6.16 Å². The highest BCUT2D eigenvalue weighted by atomic mass is 16.7. The van der Waals surface area contributed by atoms with Crippen molar-refractivity contribution in [2.75, 3.05) is 19.8 Å². The van der Waals surface area contributed by atoms with Crippen molar-refractivity contribution in [1.82, 2.24) is 0 Å². The van der Waals surface area contributed by atoms with Crippen molar-refractivity contribution < 1.29 is 19.0 Å². The molecule has 0 heterocycles. The summed E-state index contributed by atoms with van der Waals surface area (Å²) in [5.41, 5.74) is 0. The van der Waals surface area contributed by atoms with E-state index in [-0.39, 0.29) is 19.3 Å². The van der Waals surface area contributed by atoms with E-state index in [1.54, 1.807) is 0 Å². The average Bonchev–Trinajstić information content (AvgIpc) is 2.08. The Hall–Kier alpha value is -1.03. The zero-order valence-electron chi connectivity index (χ0n) is 8.12. The Bertz CT molecular complexity index is 154. The van der Waals surface area contributed by atoms with Crippen molar-refractivity contribution in [3.05, 3.63) is 12.7 Å². The van der Waals surface area contributed by atoms with Crippen molar-refractivity contribution >= 4 is 6.16 Å². The van der Waals surface area contributed by atoms with Crippen LogP contribution >= 0.6 is 0 Å². The fourth-order valence-corrected chi connectivity index (χ4v) is 0.577. The van der Waals surface area contributed by atoms with E-state index in [2.05, 4.69) is 16.1 Å². The number of carbonyl (C=O) groups excluding carboxylic acids is 1. The summed E-state index contributed by atoms with van der Waals surface area (Å²) >= 11 is 0. The third-order valence-electron chi connectivity index (χ3n) is 1.07. The lowest BCUT2D eigenvalue weighted by molar-refractivity contribution is 0.0144. The normalized spacial score (nSPS) is 9.77. The van der Waals surface area contributed by atoms with Crippen LogP contribution in [0.4, 0.5) is 4.79 Å². The SMILES string of the molecule is C=CCOC(=O)OCCOC(C)C. The maximum absolute atomic E-state index is 10.7. The molecule has 4 heteroatoms. The van der Waals surface area contributed by atoms with Crippen LogP contribution in [-0.2, 0) is 14.2 Å². The molecule has 0 aromatic heterocycles. The van der Waals surface area contributed by atoms with Crippen molar-refractivity contribution in [1.29, 1.82) is 0 Å². The highest BCUT2D eigenvalue weighted by molar-refractivity contribution is 5.59. The Morgan fingerprint density at radius 2 is 2.08 bits per heavy atom. The Labute approximate surface area is 78.5 Å². The second-order valence-electron chi connectivity index (χ2n) is 2.62. The van der Waals surface area contributed by atoms with Gasteiger partial charge in [-0.1, -0.05) is 12.7 Å². The lowest BCUT2D eigenvalue weighted by Gasteiger charge is -2.07. The van der Waals surface area contributed by atoms with Crippen LogP contribution in [0.2, 0.25) is 0 Å². The number of hydrogen-bond acceptors (Lipinski definition) is 4. The summed E-state index contributed by atoms with van der Waals surface area (Å²) in [6.45, 7) is 8.00. The zero-order chi connectivity index (χ0) is 10.1. The maximum Gasteiger partial charge on any atom is 0.508 e. The van der Waals surface area contributed by atoms with E-state index in [9.17, 15) is 4.79 Å². The molecule has 0 amide bonds. The quantitative estimate of drug-likeness (QED) is 0.362. The van der Waals surface area contributed by atoms with E-state index in [0.29, 0.717) is 6.61 Å². The summed E-state index contributed by atoms with van der Waals surface area (Å²) in [6.07, 6.45) is 0.936. The maximum atomic E-state index is 10.7. The first-order chi connectivity index (χ1) is 6.16. The van der Waals surface area contributed by atoms with Gasteiger partial charge in [-0.3, -0.25) is 0 Å². The third kappa shape index (κ3) is 8.88. The predicted octanol–water partition coefficient (Wildman–Crippen LogP) is 1.75. The molecule has 0 atom stereocenters. The van der Waals surface area contributed by atoms with Gasteiger partial charge in [0.2, 0.25) is 0 Å². The van der Waals surface area contributed by atoms with E-state index in [4.69, 9.17) is 4.74 Å². The van der Waals surface area contributed by atoms with Gasteiger partial charge >= 0.3 is 6.16 Å². The molecule has 0 saturated carbocycles. The van der Waals surface area contributed by atoms with Gasteiger partial charge in [0.05, 0.1) is 12.7 Å². The van der Waals surface area contributed by atoms with Gasteiger partial charge in [-0.25, -0.2) is 4.79 Å². The minimum Gasteiger partial charge on any atom is -0.432 e. The summed E-state index contributed by atoms with van der Waals surface area (Å²) in [5, 5.41) is 0. The molecule has 0 aromatic rings. The predicted molar refractivity (Wildman–Crippen MR) is 48.6 cm³/mol. The Morgan fingerprint density at radius 3 is 2.62 bits per heavy atom. The second kappa shape index (κ2) is 7.61. The molecule has 13 heavy (non-hydrogen) atoms. The molecule has 0 N–H and O–H groups in total. The Balaban J connectivity index is 3.21. The number of carbonyl (C=O) groups is 1. The molecule has 76 valence electrons. The molecule has 0 unspecified atom stereocenters. The molecule has 0 aliphatic rings. The van der Waals surface area contributed by atoms with Gasteiger partial charge in [0.15, 0.2) is 0 Å². The molecule has 0 spiro atoms. The van der Waals surface area contributed by atoms with Crippen molar-refractivity contribution in [2.24, 2.45) is 0 Å². The molecular formula is C9H16O4. The average molecular weight is 188 g/mol. The van der Waals surface area contributed by atoms with Crippen LogP contribution in [-0.4, -0.2) is 32.1 Å². The van der Waals surface area contributed by atoms with Crippen LogP contribution in [0.25, 0.3) is 0 Å². The summed E-state index contributed by atoms with van der Waals surface area (Å²) < 4.78 is 14.4. The summed E-state index contributed by atoms with van der Waals surface area (Å²) in [4.78, 5) is 10.7. The zero-order valence-corrected chi connectivity index (χ0v) is 8.12. The highest BCUT2D eigenvalue weighted by Gasteiger charge is 2.01. The highest BCUT2D eigenvalue weighted by Crippen LogP contribution is 1.89. The number of ether oxygens (including phenoxy) is 3. The van der Waals surface area contributed by atoms with E-state index in [0.717, 1.165) is 0 Å². The van der Waals surface area contributed by atoms with Crippen LogP contribution in [0.3, 0.4) is 0 Å². The van der Waals surface area contributed by atoms with Crippen molar-refractivity contribution in [3.63, 3.8) is 0 Å². The fraction of sp³-hybridized carbons (Fsp3) is 0.667. The van der Waals surface area contributed by atoms with Gasteiger partial charge in [0.1, 0.15) is 13.2 Å². The largest absolute Gasteiger partial charge is 0.508 e. The van der Waals surface area contributed by atoms with E-state index in [1.807, 2.05) is 13.8 Å². The molecule has 0 radical (unpaired) electrons. The Kier molecular flexibility index (Phi) is 7.01. The summed E-state index contributed by atoms with van der Waals surface area (Å²) in [6, 6.07) is 0. The van der Waals surface area contributed by atoms with Crippen molar-refractivity contribution in [3.8, 4) is 0 Å². The first-order valence-corrected chi connectivity index (χ1v) is 4.19. The van der Waals surface area contributed by atoms with Crippen LogP contribution in [0.5, 0.6) is 0 Å². The summed E-state index contributed by atoms with van der Waals surface area (Å²) in [5.74, 6) is 0. The first kappa shape index (κ1) is 12.0. The number of rotatable bonds is 6. The minimum atomic E-state index is -0.688. The topological polar surface area (TPSA) is 44.8 Å². The molecule has 0 fully saturated rings. The number of hydrogen-bond donors (Lipinski definition) is 0. The molecular weight excluding hydrogens is 172 g/mol. The van der Waals surface area contributed by atoms with E-state index >= 15 is 0 Å². The molecule has 0 saturated heterocycles. The van der Waals surface area contributed by atoms with Gasteiger partial charge in [-0.05, 0) is 13.8 Å². The van der Waals surface area contributed by atoms with Gasteiger partial charge in [0.25, 0.3) is 0 Å². The van der Waals surface area contributed by atoms with Crippen LogP contribution in [0.15, 0.2) is 12.7 Å². The molecule has 0 aliphatic heterocycles. The summed E-state index contributed by atoms with van der Waals surface area (Å²) in [7, 11) is 0.